The third-order valence-corrected chi connectivity index (χ3v) is 4.69. The van der Waals surface area contributed by atoms with Gasteiger partial charge in [0.15, 0.2) is 11.5 Å². The van der Waals surface area contributed by atoms with Gasteiger partial charge in [-0.2, -0.15) is 0 Å². The van der Waals surface area contributed by atoms with E-state index in [9.17, 15) is 0 Å². The molecule has 1 fully saturated rings. The summed E-state index contributed by atoms with van der Waals surface area (Å²) in [5, 5.41) is 18.2. The van der Waals surface area contributed by atoms with Gasteiger partial charge in [-0.15, -0.1) is 0 Å². The van der Waals surface area contributed by atoms with Crippen molar-refractivity contribution in [2.75, 3.05) is 6.61 Å². The molecule has 1 saturated carbocycles. The standard InChI is InChI=1S/C17H19BO2.C6H14O2/c1-3-4-6-13(2)12-19-16-10-9-14(18)11-17(16)20-15-7-5-8-15;1-5(2,7)6(3,4)8/h3-4,6,9-11,15H,1-2,5,7-8,12H2;7-8H,1-4H3/b6-4-;. The lowest BCUT2D eigenvalue weighted by Gasteiger charge is -2.31. The van der Waals surface area contributed by atoms with Crippen LogP contribution in [0.2, 0.25) is 0 Å². The zero-order valence-corrected chi connectivity index (χ0v) is 17.6. The van der Waals surface area contributed by atoms with Gasteiger partial charge < -0.3 is 19.7 Å². The van der Waals surface area contributed by atoms with Gasteiger partial charge >= 0.3 is 0 Å². The summed E-state index contributed by atoms with van der Waals surface area (Å²) in [6.45, 7) is 14.3. The van der Waals surface area contributed by atoms with Gasteiger partial charge in [0.05, 0.1) is 17.3 Å². The molecule has 2 rings (SSSR count). The number of hydrogen-bond acceptors (Lipinski definition) is 4. The fourth-order valence-corrected chi connectivity index (χ4v) is 1.83. The van der Waals surface area contributed by atoms with E-state index in [2.05, 4.69) is 13.2 Å². The molecule has 0 unspecified atom stereocenters. The second-order valence-electron chi connectivity index (χ2n) is 8.04. The van der Waals surface area contributed by atoms with Crippen LogP contribution in [-0.4, -0.2) is 42.0 Å². The van der Waals surface area contributed by atoms with Gasteiger partial charge in [-0.1, -0.05) is 42.9 Å². The van der Waals surface area contributed by atoms with Crippen LogP contribution in [-0.2, 0) is 0 Å². The Balaban J connectivity index is 0.000000416. The van der Waals surface area contributed by atoms with E-state index in [4.69, 9.17) is 27.5 Å². The Labute approximate surface area is 171 Å². The maximum Gasteiger partial charge on any atom is 0.161 e. The van der Waals surface area contributed by atoms with Crippen molar-refractivity contribution >= 4 is 13.3 Å². The van der Waals surface area contributed by atoms with E-state index < -0.39 is 11.2 Å². The van der Waals surface area contributed by atoms with Crippen molar-refractivity contribution in [2.24, 2.45) is 0 Å². The lowest BCUT2D eigenvalue weighted by Crippen LogP contribution is -2.44. The van der Waals surface area contributed by atoms with Crippen LogP contribution in [0.15, 0.2) is 55.2 Å². The molecule has 28 heavy (non-hydrogen) atoms. The minimum atomic E-state index is -1.01. The number of hydrogen-bond donors (Lipinski definition) is 2. The summed E-state index contributed by atoms with van der Waals surface area (Å²) in [5.41, 5.74) is -0.464. The van der Waals surface area contributed by atoms with Gasteiger partial charge in [0, 0.05) is 0 Å². The molecule has 1 aromatic carbocycles. The summed E-state index contributed by atoms with van der Waals surface area (Å²) in [7, 11) is 5.81. The van der Waals surface area contributed by atoms with Gasteiger partial charge in [-0.05, 0) is 64.7 Å². The summed E-state index contributed by atoms with van der Waals surface area (Å²) in [5.74, 6) is 1.43. The van der Waals surface area contributed by atoms with Crippen LogP contribution in [0.25, 0.3) is 0 Å². The lowest BCUT2D eigenvalue weighted by molar-refractivity contribution is -0.107. The molecule has 0 spiro atoms. The third-order valence-electron chi connectivity index (χ3n) is 4.69. The molecule has 0 aromatic heterocycles. The first-order valence-electron chi connectivity index (χ1n) is 9.54. The monoisotopic (exact) mass is 384 g/mol. The highest BCUT2D eigenvalue weighted by molar-refractivity contribution is 6.32. The van der Waals surface area contributed by atoms with Crippen molar-refractivity contribution < 1.29 is 19.7 Å². The first kappa shape index (κ1) is 24.1. The van der Waals surface area contributed by atoms with Gasteiger partial charge in [-0.25, -0.2) is 0 Å². The van der Waals surface area contributed by atoms with Crippen LogP contribution in [0, 0.1) is 0 Å². The normalized spacial score (nSPS) is 14.6. The summed E-state index contributed by atoms with van der Waals surface area (Å²) in [6, 6.07) is 5.47. The maximum absolute atomic E-state index is 9.10. The molecule has 1 aliphatic rings. The van der Waals surface area contributed by atoms with E-state index in [0.29, 0.717) is 23.9 Å². The molecule has 1 aliphatic carbocycles. The Morgan fingerprint density at radius 3 is 2.25 bits per heavy atom. The van der Waals surface area contributed by atoms with Gasteiger partial charge in [0.2, 0.25) is 0 Å². The zero-order chi connectivity index (χ0) is 21.4. The van der Waals surface area contributed by atoms with E-state index in [1.165, 1.54) is 6.42 Å². The first-order valence-corrected chi connectivity index (χ1v) is 9.54. The van der Waals surface area contributed by atoms with Crippen LogP contribution in [0.5, 0.6) is 11.5 Å². The molecule has 5 heteroatoms. The van der Waals surface area contributed by atoms with Crippen molar-refractivity contribution in [2.45, 2.75) is 64.3 Å². The molecular weight excluding hydrogens is 351 g/mol. The second kappa shape index (κ2) is 10.5. The minimum Gasteiger partial charge on any atom is -0.487 e. The molecule has 4 nitrogen and oxygen atoms in total. The largest absolute Gasteiger partial charge is 0.487 e. The zero-order valence-electron chi connectivity index (χ0n) is 17.6. The molecule has 0 aliphatic heterocycles. The summed E-state index contributed by atoms with van der Waals surface area (Å²) in [6.07, 6.45) is 9.14. The Morgan fingerprint density at radius 2 is 1.79 bits per heavy atom. The van der Waals surface area contributed by atoms with E-state index in [-0.39, 0.29) is 0 Å². The van der Waals surface area contributed by atoms with Crippen LogP contribution < -0.4 is 14.9 Å². The molecule has 2 radical (unpaired) electrons. The maximum atomic E-state index is 9.10. The van der Waals surface area contributed by atoms with Gasteiger partial charge in [0.1, 0.15) is 14.5 Å². The summed E-state index contributed by atoms with van der Waals surface area (Å²) >= 11 is 0. The predicted molar refractivity (Wildman–Crippen MR) is 117 cm³/mol. The molecule has 0 heterocycles. The molecule has 0 bridgehead atoms. The van der Waals surface area contributed by atoms with Crippen LogP contribution in [0.1, 0.15) is 47.0 Å². The number of aliphatic hydroxyl groups is 2. The number of benzene rings is 1. The highest BCUT2D eigenvalue weighted by atomic mass is 16.5. The van der Waals surface area contributed by atoms with Crippen molar-refractivity contribution in [3.8, 4) is 11.5 Å². The molecular formula is C23H33BO4. The average molecular weight is 384 g/mol. The number of rotatable bonds is 8. The quantitative estimate of drug-likeness (QED) is 0.531. The second-order valence-corrected chi connectivity index (χ2v) is 8.04. The van der Waals surface area contributed by atoms with Gasteiger partial charge in [-0.3, -0.25) is 0 Å². The van der Waals surface area contributed by atoms with E-state index in [1.807, 2.05) is 30.4 Å². The molecule has 152 valence electrons. The molecule has 0 atom stereocenters. The van der Waals surface area contributed by atoms with Crippen molar-refractivity contribution in [1.82, 2.24) is 0 Å². The molecule has 0 amide bonds. The fourth-order valence-electron chi connectivity index (χ4n) is 1.83. The van der Waals surface area contributed by atoms with E-state index in [1.54, 1.807) is 33.8 Å². The average Bonchev–Trinajstić information content (AvgIpc) is 2.54. The Kier molecular flexibility index (Phi) is 9.06. The van der Waals surface area contributed by atoms with Crippen LogP contribution >= 0.6 is 0 Å². The summed E-state index contributed by atoms with van der Waals surface area (Å²) in [4.78, 5) is 0. The number of allylic oxidation sites excluding steroid dienone is 2. The molecule has 0 saturated heterocycles. The van der Waals surface area contributed by atoms with E-state index in [0.717, 1.165) is 24.2 Å². The lowest BCUT2D eigenvalue weighted by atomic mass is 9.90. The highest BCUT2D eigenvalue weighted by Gasteiger charge is 2.31. The SMILES string of the molecule is CC(C)(O)C(C)(C)O.[B]c1ccc(OCC(=C)/C=C\C=C)c(OC2CCC2)c1. The minimum absolute atomic E-state index is 0.294. The van der Waals surface area contributed by atoms with Crippen LogP contribution in [0.3, 0.4) is 0 Å². The predicted octanol–water partition coefficient (Wildman–Crippen LogP) is 3.62. The Morgan fingerprint density at radius 1 is 1.18 bits per heavy atom. The smallest absolute Gasteiger partial charge is 0.161 e. The van der Waals surface area contributed by atoms with Gasteiger partial charge in [0.25, 0.3) is 0 Å². The number of ether oxygens (including phenoxy) is 2. The highest BCUT2D eigenvalue weighted by Crippen LogP contribution is 2.31. The van der Waals surface area contributed by atoms with Crippen molar-refractivity contribution in [1.29, 1.82) is 0 Å². The Bertz CT molecular complexity index is 665. The van der Waals surface area contributed by atoms with Crippen molar-refractivity contribution in [3.63, 3.8) is 0 Å². The summed E-state index contributed by atoms with van der Waals surface area (Å²) < 4.78 is 11.7. The van der Waals surface area contributed by atoms with Crippen LogP contribution in [0.4, 0.5) is 0 Å². The van der Waals surface area contributed by atoms with Crippen molar-refractivity contribution in [3.05, 3.63) is 55.2 Å². The third kappa shape index (κ3) is 8.36. The topological polar surface area (TPSA) is 58.9 Å². The first-order chi connectivity index (χ1) is 12.9. The fraction of sp³-hybridized carbons (Fsp3) is 0.478. The molecule has 1 aromatic rings. The van der Waals surface area contributed by atoms with E-state index >= 15 is 0 Å². The Hall–Kier alpha value is -1.98. The molecule has 2 N–H and O–H groups in total.